The molecule has 0 aliphatic carbocycles. The summed E-state index contributed by atoms with van der Waals surface area (Å²) in [7, 11) is -45.7. The highest BCUT2D eigenvalue weighted by Crippen LogP contribution is 2.44. The zero-order chi connectivity index (χ0) is 67.2. The molecule has 3 heterocycles. The lowest BCUT2D eigenvalue weighted by Crippen LogP contribution is -2.92. The SMILES string of the molecule is c1ccc([SiH](O[Si]2(c3ccccc3)O[Si]3(c4ccccc4)O[Si](O[SiH](c4ccccc4)c4ccccc4)(c4ccccc4)O[Si]4(c5ccccc5)O[Si](O[SiH](c5ccccc5)c5ccccc5)(c5ccccc5)O[Si](c5ccccc5)(O2)O[Si](c2ccccc2)(O3)O4)c2ccccc2)cc1. The molecule has 0 N–H and O–H groups in total. The highest BCUT2D eigenvalue weighted by atomic mass is 28.6. The maximum Gasteiger partial charge on any atom is 0.515 e. The van der Waals surface area contributed by atoms with Crippen LogP contribution in [0.15, 0.2) is 394 Å². The monoisotopic (exact) mass is 1480 g/mol. The molecule has 3 fully saturated rings. The minimum Gasteiger partial charge on any atom is -0.407 e. The Morgan fingerprint density at radius 3 is 0.440 bits per heavy atom. The molecule has 13 aromatic rings. The van der Waals surface area contributed by atoms with Crippen LogP contribution in [0, 0.1) is 0 Å². The third kappa shape index (κ3) is 13.2. The van der Waals surface area contributed by atoms with Crippen LogP contribution in [0.2, 0.25) is 0 Å². The Labute approximate surface area is 595 Å². The molecule has 0 amide bonds. The van der Waals surface area contributed by atoms with E-state index in [0.717, 1.165) is 31.1 Å². The average Bonchev–Trinajstić information content (AvgIpc) is 0.682. The maximum atomic E-state index is 8.91. The fourth-order valence-electron chi connectivity index (χ4n) is 13.0. The van der Waals surface area contributed by atoms with Crippen molar-refractivity contribution in [1.82, 2.24) is 0 Å². The lowest BCUT2D eigenvalue weighted by molar-refractivity contribution is 0.0399. The molecular weight excluding hydrogens is 1410 g/mol. The molecular formula is C78H68O12Si10. The summed E-state index contributed by atoms with van der Waals surface area (Å²) in [6.45, 7) is 0. The molecule has 16 rings (SSSR count). The summed E-state index contributed by atoms with van der Waals surface area (Å²) in [5, 5.41) is 9.52. The van der Waals surface area contributed by atoms with E-state index in [-0.39, 0.29) is 0 Å². The van der Waals surface area contributed by atoms with E-state index in [9.17, 15) is 0 Å². The fraction of sp³-hybridized carbons (Fsp3) is 0. The van der Waals surface area contributed by atoms with Crippen molar-refractivity contribution in [3.05, 3.63) is 394 Å². The summed E-state index contributed by atoms with van der Waals surface area (Å²) in [6.07, 6.45) is 0. The molecule has 492 valence electrons. The van der Waals surface area contributed by atoms with Crippen molar-refractivity contribution in [2.24, 2.45) is 0 Å². The largest absolute Gasteiger partial charge is 0.515 e. The van der Waals surface area contributed by atoms with Gasteiger partial charge in [-0.3, -0.25) is 0 Å². The highest BCUT2D eigenvalue weighted by Gasteiger charge is 2.81. The minimum absolute atomic E-state index is 0.525. The molecule has 13 aromatic carbocycles. The van der Waals surface area contributed by atoms with Gasteiger partial charge in [0.05, 0.1) is 0 Å². The van der Waals surface area contributed by atoms with E-state index in [1.54, 1.807) is 0 Å². The first-order valence-corrected chi connectivity index (χ1v) is 50.3. The fourth-order valence-corrected chi connectivity index (χ4v) is 63.5. The molecule has 3 aliphatic rings. The maximum absolute atomic E-state index is 8.91. The molecule has 0 saturated carbocycles. The predicted molar refractivity (Wildman–Crippen MR) is 414 cm³/mol. The second kappa shape index (κ2) is 28.9. The van der Waals surface area contributed by atoms with Crippen molar-refractivity contribution in [3.63, 3.8) is 0 Å². The summed E-state index contributed by atoms with van der Waals surface area (Å²) in [5.74, 6) is 0. The van der Waals surface area contributed by atoms with Gasteiger partial charge in [-0.2, -0.15) is 0 Å². The molecule has 100 heavy (non-hydrogen) atoms. The number of benzene rings is 13. The minimum atomic E-state index is -5.23. The molecule has 22 heteroatoms. The van der Waals surface area contributed by atoms with Crippen LogP contribution in [-0.4, -0.2) is 88.8 Å². The van der Waals surface area contributed by atoms with Gasteiger partial charge in [0.1, 0.15) is 0 Å². The standard InChI is InChI=1S/C78H68O12Si10/c1-14-40-66(41-15-1)91(67-42-16-2-17-43-67)79-94(72-52-26-7-27-53-72)82-97(75-58-32-10-33-59-75)84-95(73-54-28-8-29-55-73,80-92(68-44-18-3-19-45-68)69-46-20-4-21-47-69)86-99(77-62-36-12-37-63-77)87-96(74-56-30-9-31-57-74,81-93(70-48-22-5-23-49-70)71-50-24-6-25-51-71)85-98(83-94,76-60-34-11-35-61-76)89-100(88-97,90-99)78-64-38-13-39-65-78/h1-65,91-93H. The van der Waals surface area contributed by atoms with Crippen molar-refractivity contribution < 1.29 is 49.4 Å². The van der Waals surface area contributed by atoms with Gasteiger partial charge in [0, 0.05) is 36.3 Å². The quantitative estimate of drug-likeness (QED) is 0.0919. The van der Waals surface area contributed by atoms with Crippen LogP contribution in [0.1, 0.15) is 0 Å². The molecule has 0 unspecified atom stereocenters. The number of hydrogen-bond acceptors (Lipinski definition) is 12. The van der Waals surface area contributed by atoms with E-state index in [2.05, 4.69) is 72.8 Å². The topological polar surface area (TPSA) is 111 Å². The van der Waals surface area contributed by atoms with Gasteiger partial charge in [0.15, 0.2) is 0 Å². The predicted octanol–water partition coefficient (Wildman–Crippen LogP) is 5.76. The van der Waals surface area contributed by atoms with Crippen LogP contribution in [0.25, 0.3) is 0 Å². The lowest BCUT2D eigenvalue weighted by atomic mass is 10.4. The first-order chi connectivity index (χ1) is 49.3. The second-order valence-corrected chi connectivity index (χ2v) is 52.6. The van der Waals surface area contributed by atoms with E-state index in [0.29, 0.717) is 36.3 Å². The van der Waals surface area contributed by atoms with E-state index >= 15 is 0 Å². The van der Waals surface area contributed by atoms with Crippen molar-refractivity contribution in [2.75, 3.05) is 0 Å². The Morgan fingerprint density at radius 2 is 0.280 bits per heavy atom. The average molecular weight is 1480 g/mol. The first kappa shape index (κ1) is 66.1. The molecule has 4 bridgehead atoms. The van der Waals surface area contributed by atoms with Gasteiger partial charge in [-0.25, -0.2) is 0 Å². The van der Waals surface area contributed by atoms with Gasteiger partial charge >= 0.3 is 61.6 Å². The summed E-state index contributed by atoms with van der Waals surface area (Å²) in [5.41, 5.74) is 0. The van der Waals surface area contributed by atoms with Gasteiger partial charge in [-0.1, -0.05) is 394 Å². The summed E-state index contributed by atoms with van der Waals surface area (Å²) in [6, 6.07) is 131. The van der Waals surface area contributed by atoms with Gasteiger partial charge in [-0.05, 0) is 31.1 Å². The van der Waals surface area contributed by atoms with E-state index in [1.165, 1.54) is 0 Å². The Morgan fingerprint density at radius 1 is 0.150 bits per heavy atom. The molecule has 0 spiro atoms. The third-order valence-electron chi connectivity index (χ3n) is 17.7. The Kier molecular flexibility index (Phi) is 19.1. The van der Waals surface area contributed by atoms with Crippen molar-refractivity contribution in [3.8, 4) is 0 Å². The van der Waals surface area contributed by atoms with Gasteiger partial charge in [-0.15, -0.1) is 0 Å². The molecule has 0 aromatic heterocycles. The van der Waals surface area contributed by atoms with E-state index in [4.69, 9.17) is 49.4 Å². The van der Waals surface area contributed by atoms with Crippen LogP contribution in [0.4, 0.5) is 0 Å². The smallest absolute Gasteiger partial charge is 0.407 e. The number of hydrogen-bond donors (Lipinski definition) is 0. The lowest BCUT2D eigenvalue weighted by Gasteiger charge is -2.58. The summed E-state index contributed by atoms with van der Waals surface area (Å²) in [4.78, 5) is 0. The van der Waals surface area contributed by atoms with Crippen LogP contribution >= 0.6 is 0 Å². The van der Waals surface area contributed by atoms with E-state index in [1.807, 2.05) is 322 Å². The zero-order valence-corrected chi connectivity index (χ0v) is 64.6. The van der Waals surface area contributed by atoms with Crippen molar-refractivity contribution in [2.45, 2.75) is 0 Å². The molecule has 0 atom stereocenters. The van der Waals surface area contributed by atoms with Gasteiger partial charge < -0.3 is 49.4 Å². The molecule has 12 nitrogen and oxygen atoms in total. The van der Waals surface area contributed by atoms with Crippen LogP contribution < -0.4 is 67.4 Å². The van der Waals surface area contributed by atoms with Gasteiger partial charge in [0.2, 0.25) is 27.1 Å². The van der Waals surface area contributed by atoms with Crippen LogP contribution in [-0.2, 0) is 49.4 Å². The van der Waals surface area contributed by atoms with Crippen molar-refractivity contribution in [1.29, 1.82) is 0 Å². The first-order valence-electron chi connectivity index (χ1n) is 33.3. The number of rotatable bonds is 19. The zero-order valence-electron chi connectivity index (χ0n) is 54.2. The van der Waals surface area contributed by atoms with Crippen LogP contribution in [0.3, 0.4) is 0 Å². The van der Waals surface area contributed by atoms with Crippen LogP contribution in [0.5, 0.6) is 0 Å². The summed E-state index contributed by atoms with van der Waals surface area (Å²) >= 11 is 0. The third-order valence-corrected chi connectivity index (χ3v) is 56.9. The second-order valence-electron chi connectivity index (χ2n) is 24.3. The number of fused-ring (bicyclic) bond motifs is 3. The Balaban J connectivity index is 1.11. The van der Waals surface area contributed by atoms with Gasteiger partial charge in [0.25, 0.3) is 0 Å². The summed E-state index contributed by atoms with van der Waals surface area (Å²) < 4.78 is 106. The van der Waals surface area contributed by atoms with E-state index < -0.39 is 88.8 Å². The molecule has 3 saturated heterocycles. The molecule has 3 aliphatic heterocycles. The Hall–Kier alpha value is -8.45. The normalized spacial score (nSPS) is 24.3. The highest BCUT2D eigenvalue weighted by molar-refractivity contribution is 7.12. The molecule has 0 radical (unpaired) electrons. The van der Waals surface area contributed by atoms with Crippen molar-refractivity contribution >= 4 is 156 Å². The Bertz CT molecular complexity index is 4190.